The Morgan fingerprint density at radius 2 is 2.11 bits per heavy atom. The fourth-order valence-electron chi connectivity index (χ4n) is 1.96. The van der Waals surface area contributed by atoms with Crippen LogP contribution in [0.2, 0.25) is 0 Å². The molecule has 5 nitrogen and oxygen atoms in total. The van der Waals surface area contributed by atoms with E-state index in [1.165, 1.54) is 0 Å². The number of aromatic nitrogens is 1. The van der Waals surface area contributed by atoms with Crippen LogP contribution in [0.3, 0.4) is 0 Å². The van der Waals surface area contributed by atoms with E-state index in [-0.39, 0.29) is 11.6 Å². The second-order valence-corrected chi connectivity index (χ2v) is 4.76. The summed E-state index contributed by atoms with van der Waals surface area (Å²) in [6.07, 6.45) is -0.592. The van der Waals surface area contributed by atoms with E-state index in [0.29, 0.717) is 6.54 Å². The average molecular weight is 261 g/mol. The number of fused-ring (bicyclic) bond motifs is 1. The maximum absolute atomic E-state index is 11.9. The van der Waals surface area contributed by atoms with Crippen LogP contribution in [-0.4, -0.2) is 28.4 Å². The Hall–Kier alpha value is -1.85. The van der Waals surface area contributed by atoms with Crippen molar-refractivity contribution >= 4 is 16.6 Å². The van der Waals surface area contributed by atoms with Crippen molar-refractivity contribution in [3.05, 3.63) is 40.7 Å². The number of rotatable bonds is 4. The fraction of sp³-hybridized carbons (Fsp3) is 0.357. The zero-order chi connectivity index (χ0) is 14.0. The highest BCUT2D eigenvalue weighted by molar-refractivity contribution is 5.91. The van der Waals surface area contributed by atoms with Gasteiger partial charge in [0.1, 0.15) is 0 Å². The number of pyridine rings is 1. The van der Waals surface area contributed by atoms with E-state index < -0.39 is 6.10 Å². The number of hydrogen-bond acceptors (Lipinski definition) is 4. The SMILES string of the molecule is CC(O)C(N)CNc1cc(=O)n(C)c2ccccc12. The predicted octanol–water partition coefficient (Wildman–Crippen LogP) is 0.658. The van der Waals surface area contributed by atoms with Crippen LogP contribution < -0.4 is 16.6 Å². The van der Waals surface area contributed by atoms with Crippen molar-refractivity contribution in [2.75, 3.05) is 11.9 Å². The quantitative estimate of drug-likeness (QED) is 0.755. The highest BCUT2D eigenvalue weighted by Crippen LogP contribution is 2.20. The summed E-state index contributed by atoms with van der Waals surface area (Å²) >= 11 is 0. The maximum atomic E-state index is 11.9. The lowest BCUT2D eigenvalue weighted by molar-refractivity contribution is 0.168. The Labute approximate surface area is 111 Å². The van der Waals surface area contributed by atoms with Gasteiger partial charge in [-0.25, -0.2) is 0 Å². The smallest absolute Gasteiger partial charge is 0.252 e. The molecule has 0 aliphatic heterocycles. The minimum Gasteiger partial charge on any atom is -0.392 e. The van der Waals surface area contributed by atoms with E-state index in [2.05, 4.69) is 5.32 Å². The zero-order valence-corrected chi connectivity index (χ0v) is 11.1. The highest BCUT2D eigenvalue weighted by atomic mass is 16.3. The van der Waals surface area contributed by atoms with Gasteiger partial charge in [0, 0.05) is 36.8 Å². The van der Waals surface area contributed by atoms with Crippen LogP contribution in [0.5, 0.6) is 0 Å². The predicted molar refractivity (Wildman–Crippen MR) is 77.3 cm³/mol. The van der Waals surface area contributed by atoms with Crippen molar-refractivity contribution in [2.45, 2.75) is 19.1 Å². The van der Waals surface area contributed by atoms with Gasteiger partial charge in [-0.15, -0.1) is 0 Å². The third-order valence-corrected chi connectivity index (χ3v) is 3.30. The average Bonchev–Trinajstić information content (AvgIpc) is 2.40. The maximum Gasteiger partial charge on any atom is 0.252 e. The molecule has 2 aromatic rings. The van der Waals surface area contributed by atoms with Gasteiger partial charge in [-0.05, 0) is 13.0 Å². The summed E-state index contributed by atoms with van der Waals surface area (Å²) in [6, 6.07) is 8.85. The third kappa shape index (κ3) is 2.77. The van der Waals surface area contributed by atoms with Crippen molar-refractivity contribution in [3.8, 4) is 0 Å². The summed E-state index contributed by atoms with van der Waals surface area (Å²) in [5, 5.41) is 13.5. The van der Waals surface area contributed by atoms with Gasteiger partial charge in [0.15, 0.2) is 0 Å². The summed E-state index contributed by atoms with van der Waals surface area (Å²) in [4.78, 5) is 11.9. The second-order valence-electron chi connectivity index (χ2n) is 4.76. The largest absolute Gasteiger partial charge is 0.392 e. The Morgan fingerprint density at radius 3 is 2.79 bits per heavy atom. The number of aryl methyl sites for hydroxylation is 1. The van der Waals surface area contributed by atoms with E-state index in [9.17, 15) is 9.90 Å². The molecule has 0 spiro atoms. The molecule has 102 valence electrons. The first-order valence-corrected chi connectivity index (χ1v) is 6.27. The summed E-state index contributed by atoms with van der Waals surface area (Å²) in [5.41, 5.74) is 7.31. The Balaban J connectivity index is 2.38. The molecule has 2 unspecified atom stereocenters. The number of aliphatic hydroxyl groups is 1. The van der Waals surface area contributed by atoms with Crippen LogP contribution in [0, 0.1) is 0 Å². The van der Waals surface area contributed by atoms with Gasteiger partial charge in [0.05, 0.1) is 11.6 Å². The highest BCUT2D eigenvalue weighted by Gasteiger charge is 2.11. The molecular formula is C14H19N3O2. The molecule has 0 radical (unpaired) electrons. The molecule has 4 N–H and O–H groups in total. The van der Waals surface area contributed by atoms with Crippen LogP contribution in [0.1, 0.15) is 6.92 Å². The first-order valence-electron chi connectivity index (χ1n) is 6.27. The molecule has 1 aromatic carbocycles. The van der Waals surface area contributed by atoms with E-state index in [0.717, 1.165) is 16.6 Å². The molecule has 0 saturated carbocycles. The Bertz CT molecular complexity index is 634. The number of nitrogens with one attached hydrogen (secondary N) is 1. The van der Waals surface area contributed by atoms with Crippen molar-refractivity contribution < 1.29 is 5.11 Å². The van der Waals surface area contributed by atoms with E-state index in [1.807, 2.05) is 24.3 Å². The number of anilines is 1. The molecule has 0 aliphatic carbocycles. The van der Waals surface area contributed by atoms with Crippen LogP contribution >= 0.6 is 0 Å². The Morgan fingerprint density at radius 1 is 1.42 bits per heavy atom. The van der Waals surface area contributed by atoms with E-state index in [1.54, 1.807) is 24.6 Å². The van der Waals surface area contributed by atoms with Crippen molar-refractivity contribution in [3.63, 3.8) is 0 Å². The number of benzene rings is 1. The zero-order valence-electron chi connectivity index (χ0n) is 11.1. The lowest BCUT2D eigenvalue weighted by Crippen LogP contribution is -2.38. The van der Waals surface area contributed by atoms with Gasteiger partial charge in [0.25, 0.3) is 5.56 Å². The van der Waals surface area contributed by atoms with Crippen LogP contribution in [-0.2, 0) is 7.05 Å². The van der Waals surface area contributed by atoms with Gasteiger partial charge in [0.2, 0.25) is 0 Å². The van der Waals surface area contributed by atoms with Gasteiger partial charge in [-0.1, -0.05) is 18.2 Å². The molecule has 0 bridgehead atoms. The third-order valence-electron chi connectivity index (χ3n) is 3.30. The fourth-order valence-corrected chi connectivity index (χ4v) is 1.96. The minimum atomic E-state index is -0.592. The van der Waals surface area contributed by atoms with Gasteiger partial charge in [-0.3, -0.25) is 4.79 Å². The monoisotopic (exact) mass is 261 g/mol. The number of hydrogen-bond donors (Lipinski definition) is 3. The van der Waals surface area contributed by atoms with Crippen LogP contribution in [0.15, 0.2) is 35.1 Å². The molecule has 1 heterocycles. The van der Waals surface area contributed by atoms with E-state index >= 15 is 0 Å². The first kappa shape index (κ1) is 13.6. The number of nitrogens with two attached hydrogens (primary N) is 1. The van der Waals surface area contributed by atoms with Crippen molar-refractivity contribution in [1.82, 2.24) is 4.57 Å². The molecule has 5 heteroatoms. The van der Waals surface area contributed by atoms with Gasteiger partial charge >= 0.3 is 0 Å². The molecule has 2 atom stereocenters. The molecule has 1 aromatic heterocycles. The summed E-state index contributed by atoms with van der Waals surface area (Å²) in [7, 11) is 1.75. The van der Waals surface area contributed by atoms with Crippen molar-refractivity contribution in [2.24, 2.45) is 12.8 Å². The normalized spacial score (nSPS) is 14.3. The lowest BCUT2D eigenvalue weighted by Gasteiger charge is -2.17. The topological polar surface area (TPSA) is 80.3 Å². The number of aliphatic hydroxyl groups excluding tert-OH is 1. The molecule has 0 fully saturated rings. The van der Waals surface area contributed by atoms with E-state index in [4.69, 9.17) is 5.73 Å². The Kier molecular flexibility index (Phi) is 3.87. The van der Waals surface area contributed by atoms with Crippen molar-refractivity contribution in [1.29, 1.82) is 0 Å². The molecule has 19 heavy (non-hydrogen) atoms. The molecule has 0 aliphatic rings. The molecular weight excluding hydrogens is 242 g/mol. The summed E-state index contributed by atoms with van der Waals surface area (Å²) < 4.78 is 1.61. The minimum absolute atomic E-state index is 0.0770. The first-order chi connectivity index (χ1) is 9.00. The summed E-state index contributed by atoms with van der Waals surface area (Å²) in [5.74, 6) is 0. The lowest BCUT2D eigenvalue weighted by atomic mass is 10.1. The van der Waals surface area contributed by atoms with Gasteiger partial charge < -0.3 is 20.7 Å². The number of nitrogens with zero attached hydrogens (tertiary/aromatic N) is 1. The number of para-hydroxylation sites is 1. The summed E-state index contributed by atoms with van der Waals surface area (Å²) in [6.45, 7) is 2.06. The molecule has 2 rings (SSSR count). The second kappa shape index (κ2) is 5.42. The van der Waals surface area contributed by atoms with Crippen LogP contribution in [0.25, 0.3) is 10.9 Å². The van der Waals surface area contributed by atoms with Crippen LogP contribution in [0.4, 0.5) is 5.69 Å². The molecule has 0 saturated heterocycles. The standard InChI is InChI=1S/C14H19N3O2/c1-9(18)11(15)8-16-12-7-14(19)17(2)13-6-4-3-5-10(12)13/h3-7,9,11,16,18H,8,15H2,1-2H3. The molecule has 0 amide bonds. The van der Waals surface area contributed by atoms with Gasteiger partial charge in [-0.2, -0.15) is 0 Å².